The summed E-state index contributed by atoms with van der Waals surface area (Å²) in [5.74, 6) is -0.115. The lowest BCUT2D eigenvalue weighted by atomic mass is 10.2. The molecule has 0 saturated heterocycles. The van der Waals surface area contributed by atoms with E-state index in [4.69, 9.17) is 20.8 Å². The molecule has 0 aliphatic heterocycles. The summed E-state index contributed by atoms with van der Waals surface area (Å²) in [6.45, 7) is 1.93. The minimum Gasteiger partial charge on any atom is -0.444 e. The van der Waals surface area contributed by atoms with E-state index in [-0.39, 0.29) is 5.02 Å². The molecule has 0 unspecified atom stereocenters. The molecule has 2 rings (SSSR count). The Morgan fingerprint density at radius 1 is 1.47 bits per heavy atom. The number of hydrogen-bond acceptors (Lipinski definition) is 4. The van der Waals surface area contributed by atoms with Crippen molar-refractivity contribution in [1.29, 1.82) is 0 Å². The molecular formula is C13H14ClFN2O2. The van der Waals surface area contributed by atoms with Crippen molar-refractivity contribution in [3.8, 4) is 11.5 Å². The van der Waals surface area contributed by atoms with Crippen LogP contribution in [0.15, 0.2) is 28.9 Å². The summed E-state index contributed by atoms with van der Waals surface area (Å²) < 4.78 is 23.6. The molecule has 2 aromatic rings. The summed E-state index contributed by atoms with van der Waals surface area (Å²) in [7, 11) is 1.64. The second kappa shape index (κ2) is 6.65. The van der Waals surface area contributed by atoms with Gasteiger partial charge in [0.15, 0.2) is 0 Å². The summed E-state index contributed by atoms with van der Waals surface area (Å²) in [5, 5.41) is 3.23. The highest BCUT2D eigenvalue weighted by Crippen LogP contribution is 2.23. The van der Waals surface area contributed by atoms with Crippen LogP contribution >= 0.6 is 11.6 Å². The van der Waals surface area contributed by atoms with Crippen molar-refractivity contribution in [1.82, 2.24) is 10.3 Å². The van der Waals surface area contributed by atoms with Gasteiger partial charge in [0.05, 0.1) is 17.3 Å². The third-order valence-corrected chi connectivity index (χ3v) is 2.81. The van der Waals surface area contributed by atoms with Crippen molar-refractivity contribution >= 4 is 11.6 Å². The second-order valence-electron chi connectivity index (χ2n) is 3.94. The van der Waals surface area contributed by atoms with Crippen LogP contribution in [0.5, 0.6) is 0 Å². The van der Waals surface area contributed by atoms with Gasteiger partial charge in [-0.2, -0.15) is 0 Å². The van der Waals surface area contributed by atoms with Gasteiger partial charge in [0.25, 0.3) is 0 Å². The van der Waals surface area contributed by atoms with Crippen molar-refractivity contribution < 1.29 is 13.5 Å². The summed E-state index contributed by atoms with van der Waals surface area (Å²) >= 11 is 5.62. The number of nitrogens with one attached hydrogen (secondary N) is 1. The van der Waals surface area contributed by atoms with E-state index in [2.05, 4.69) is 10.3 Å². The zero-order chi connectivity index (χ0) is 13.7. The third-order valence-electron chi connectivity index (χ3n) is 2.51. The predicted molar refractivity (Wildman–Crippen MR) is 70.5 cm³/mol. The van der Waals surface area contributed by atoms with E-state index in [0.717, 1.165) is 12.2 Å². The zero-order valence-corrected chi connectivity index (χ0v) is 11.2. The molecule has 1 aromatic heterocycles. The molecule has 0 amide bonds. The van der Waals surface area contributed by atoms with Crippen LogP contribution < -0.4 is 5.32 Å². The van der Waals surface area contributed by atoms with Gasteiger partial charge in [-0.3, -0.25) is 0 Å². The second-order valence-corrected chi connectivity index (χ2v) is 4.35. The molecule has 0 aliphatic carbocycles. The standard InChI is InChI=1S/C13H14ClFN2O2/c1-18-5-4-16-7-10-8-19-13(17-10)9-2-3-11(14)12(15)6-9/h2-3,6,8,16H,4-5,7H2,1H3. The first-order valence-corrected chi connectivity index (χ1v) is 6.18. The fourth-order valence-corrected chi connectivity index (χ4v) is 1.66. The van der Waals surface area contributed by atoms with E-state index < -0.39 is 5.82 Å². The van der Waals surface area contributed by atoms with Gasteiger partial charge < -0.3 is 14.5 Å². The number of benzene rings is 1. The first kappa shape index (κ1) is 14.0. The zero-order valence-electron chi connectivity index (χ0n) is 10.5. The van der Waals surface area contributed by atoms with Gasteiger partial charge in [0.1, 0.15) is 12.1 Å². The Bertz CT molecular complexity index is 545. The SMILES string of the molecule is COCCNCc1coc(-c2ccc(Cl)c(F)c2)n1. The van der Waals surface area contributed by atoms with Gasteiger partial charge in [-0.05, 0) is 18.2 Å². The van der Waals surface area contributed by atoms with Gasteiger partial charge in [-0.25, -0.2) is 9.37 Å². The Labute approximate surface area is 115 Å². The topological polar surface area (TPSA) is 47.3 Å². The van der Waals surface area contributed by atoms with Crippen molar-refractivity contribution in [2.75, 3.05) is 20.3 Å². The van der Waals surface area contributed by atoms with Gasteiger partial charge >= 0.3 is 0 Å². The molecule has 0 radical (unpaired) electrons. The maximum atomic E-state index is 13.3. The van der Waals surface area contributed by atoms with Crippen LogP contribution in [0.25, 0.3) is 11.5 Å². The molecule has 0 aliphatic rings. The maximum Gasteiger partial charge on any atom is 0.226 e. The molecule has 4 nitrogen and oxygen atoms in total. The van der Waals surface area contributed by atoms with Crippen LogP contribution in [0.3, 0.4) is 0 Å². The summed E-state index contributed by atoms with van der Waals surface area (Å²) in [6, 6.07) is 4.45. The molecule has 0 bridgehead atoms. The van der Waals surface area contributed by atoms with E-state index in [9.17, 15) is 4.39 Å². The molecule has 0 saturated carbocycles. The molecule has 1 heterocycles. The first-order valence-electron chi connectivity index (χ1n) is 5.80. The first-order chi connectivity index (χ1) is 9.20. The maximum absolute atomic E-state index is 13.3. The van der Waals surface area contributed by atoms with Crippen LogP contribution in [-0.4, -0.2) is 25.2 Å². The molecule has 0 atom stereocenters. The van der Waals surface area contributed by atoms with E-state index in [1.165, 1.54) is 12.1 Å². The molecular weight excluding hydrogens is 271 g/mol. The average Bonchev–Trinajstić information content (AvgIpc) is 2.87. The van der Waals surface area contributed by atoms with Crippen LogP contribution in [0, 0.1) is 5.82 Å². The van der Waals surface area contributed by atoms with Gasteiger partial charge in [0.2, 0.25) is 5.89 Å². The van der Waals surface area contributed by atoms with Crippen LogP contribution in [0.2, 0.25) is 5.02 Å². The molecule has 6 heteroatoms. The number of halogens is 2. The van der Waals surface area contributed by atoms with Crippen molar-refractivity contribution in [3.05, 3.63) is 41.0 Å². The molecule has 0 spiro atoms. The highest BCUT2D eigenvalue weighted by atomic mass is 35.5. The lowest BCUT2D eigenvalue weighted by molar-refractivity contribution is 0.199. The highest BCUT2D eigenvalue weighted by Gasteiger charge is 2.09. The van der Waals surface area contributed by atoms with Gasteiger partial charge in [-0.1, -0.05) is 11.6 Å². The Morgan fingerprint density at radius 3 is 3.05 bits per heavy atom. The normalized spacial score (nSPS) is 10.9. The average molecular weight is 285 g/mol. The van der Waals surface area contributed by atoms with Crippen molar-refractivity contribution in [3.63, 3.8) is 0 Å². The van der Waals surface area contributed by atoms with Crippen LogP contribution in [0.4, 0.5) is 4.39 Å². The lowest BCUT2D eigenvalue weighted by Gasteiger charge is -2.00. The van der Waals surface area contributed by atoms with E-state index in [1.54, 1.807) is 19.4 Å². The number of methoxy groups -OCH3 is 1. The Hall–Kier alpha value is -1.43. The van der Waals surface area contributed by atoms with Crippen molar-refractivity contribution in [2.24, 2.45) is 0 Å². The largest absolute Gasteiger partial charge is 0.444 e. The minimum absolute atomic E-state index is 0.0803. The number of ether oxygens (including phenoxy) is 1. The summed E-state index contributed by atoms with van der Waals surface area (Å²) in [6.07, 6.45) is 1.54. The molecule has 102 valence electrons. The molecule has 19 heavy (non-hydrogen) atoms. The quantitative estimate of drug-likeness (QED) is 0.829. The van der Waals surface area contributed by atoms with Gasteiger partial charge in [0, 0.05) is 25.8 Å². The van der Waals surface area contributed by atoms with Crippen molar-refractivity contribution in [2.45, 2.75) is 6.54 Å². The molecule has 0 fully saturated rings. The fraction of sp³-hybridized carbons (Fsp3) is 0.308. The molecule has 1 aromatic carbocycles. The van der Waals surface area contributed by atoms with E-state index >= 15 is 0 Å². The Morgan fingerprint density at radius 2 is 2.32 bits per heavy atom. The smallest absolute Gasteiger partial charge is 0.226 e. The highest BCUT2D eigenvalue weighted by molar-refractivity contribution is 6.30. The number of hydrogen-bond donors (Lipinski definition) is 1. The minimum atomic E-state index is -0.489. The number of aromatic nitrogens is 1. The third kappa shape index (κ3) is 3.76. The van der Waals surface area contributed by atoms with Gasteiger partial charge in [-0.15, -0.1) is 0 Å². The number of nitrogens with zero attached hydrogens (tertiary/aromatic N) is 1. The predicted octanol–water partition coefficient (Wildman–Crippen LogP) is 2.87. The van der Waals surface area contributed by atoms with E-state index in [1.807, 2.05) is 0 Å². The lowest BCUT2D eigenvalue weighted by Crippen LogP contribution is -2.18. The Kier molecular flexibility index (Phi) is 4.90. The summed E-state index contributed by atoms with van der Waals surface area (Å²) in [5.41, 5.74) is 1.31. The molecule has 1 N–H and O–H groups in total. The number of rotatable bonds is 6. The Balaban J connectivity index is 2.01. The van der Waals surface area contributed by atoms with E-state index in [0.29, 0.717) is 24.6 Å². The fourth-order valence-electron chi connectivity index (χ4n) is 1.54. The number of oxazole rings is 1. The summed E-state index contributed by atoms with van der Waals surface area (Å²) in [4.78, 5) is 4.27. The van der Waals surface area contributed by atoms with Crippen LogP contribution in [0.1, 0.15) is 5.69 Å². The van der Waals surface area contributed by atoms with Crippen LogP contribution in [-0.2, 0) is 11.3 Å². The monoisotopic (exact) mass is 284 g/mol.